The van der Waals surface area contributed by atoms with E-state index in [4.69, 9.17) is 0 Å². The van der Waals surface area contributed by atoms with Crippen LogP contribution in [0.3, 0.4) is 0 Å². The van der Waals surface area contributed by atoms with Crippen LogP contribution in [0.5, 0.6) is 0 Å². The van der Waals surface area contributed by atoms with Crippen molar-refractivity contribution in [3.8, 4) is 0 Å². The summed E-state index contributed by atoms with van der Waals surface area (Å²) in [5.41, 5.74) is 4.65. The molecular weight excluding hydrogens is 478 g/mol. The van der Waals surface area contributed by atoms with Crippen molar-refractivity contribution in [3.63, 3.8) is 0 Å². The van der Waals surface area contributed by atoms with E-state index in [9.17, 15) is 9.59 Å². The van der Waals surface area contributed by atoms with Crippen molar-refractivity contribution in [1.82, 2.24) is 20.1 Å². The number of rotatable bonds is 7. The van der Waals surface area contributed by atoms with Crippen molar-refractivity contribution in [2.45, 2.75) is 32.5 Å². The molecule has 0 aliphatic carbocycles. The summed E-state index contributed by atoms with van der Waals surface area (Å²) in [6.45, 7) is 6.24. The second kappa shape index (κ2) is 10.1. The van der Waals surface area contributed by atoms with Gasteiger partial charge in [0.15, 0.2) is 11.0 Å². The Morgan fingerprint density at radius 3 is 2.45 bits per heavy atom. The fourth-order valence-electron chi connectivity index (χ4n) is 3.21. The first-order valence-corrected chi connectivity index (χ1v) is 11.5. The maximum atomic E-state index is 12.4. The van der Waals surface area contributed by atoms with Crippen LogP contribution in [0.1, 0.15) is 32.9 Å². The Balaban J connectivity index is 1.56. The predicted molar refractivity (Wildman–Crippen MR) is 126 cm³/mol. The molecular formula is C22H24BrN5O2S. The van der Waals surface area contributed by atoms with Crippen LogP contribution in [-0.4, -0.2) is 32.3 Å². The quantitative estimate of drug-likeness (QED) is 0.474. The lowest BCUT2D eigenvalue weighted by molar-refractivity contribution is -0.113. The number of carbonyl (C=O) groups excluding carboxylic acids is 2. The van der Waals surface area contributed by atoms with Gasteiger partial charge in [0.1, 0.15) is 0 Å². The smallest absolute Gasteiger partial charge is 0.252 e. The molecule has 0 aliphatic rings. The molecule has 2 N–H and O–H groups in total. The van der Waals surface area contributed by atoms with Gasteiger partial charge in [-0.1, -0.05) is 41.6 Å². The van der Waals surface area contributed by atoms with Gasteiger partial charge in [0.2, 0.25) is 5.91 Å². The van der Waals surface area contributed by atoms with Crippen molar-refractivity contribution >= 4 is 45.2 Å². The molecule has 0 unspecified atom stereocenters. The minimum Gasteiger partial charge on any atom is -0.345 e. The normalized spacial score (nSPS) is 10.7. The average molecular weight is 502 g/mol. The molecule has 0 radical (unpaired) electrons. The molecule has 9 heteroatoms. The molecule has 0 saturated heterocycles. The van der Waals surface area contributed by atoms with Crippen LogP contribution in [0.2, 0.25) is 0 Å². The first-order chi connectivity index (χ1) is 14.8. The van der Waals surface area contributed by atoms with Gasteiger partial charge >= 0.3 is 0 Å². The van der Waals surface area contributed by atoms with E-state index in [1.165, 1.54) is 17.3 Å². The Hall–Kier alpha value is -2.65. The molecule has 2 amide bonds. The first-order valence-electron chi connectivity index (χ1n) is 9.67. The van der Waals surface area contributed by atoms with E-state index in [1.807, 2.05) is 52.1 Å². The van der Waals surface area contributed by atoms with Crippen molar-refractivity contribution < 1.29 is 9.59 Å². The van der Waals surface area contributed by atoms with Crippen LogP contribution in [0, 0.1) is 20.8 Å². The summed E-state index contributed by atoms with van der Waals surface area (Å²) in [5, 5.41) is 14.7. The zero-order valence-corrected chi connectivity index (χ0v) is 20.2. The van der Waals surface area contributed by atoms with E-state index < -0.39 is 0 Å². The number of carbonyl (C=O) groups is 2. The Kier molecular flexibility index (Phi) is 7.50. The summed E-state index contributed by atoms with van der Waals surface area (Å²) >= 11 is 4.68. The summed E-state index contributed by atoms with van der Waals surface area (Å²) in [4.78, 5) is 24.8. The number of hydrogen-bond acceptors (Lipinski definition) is 5. The van der Waals surface area contributed by atoms with Crippen LogP contribution < -0.4 is 10.6 Å². The highest BCUT2D eigenvalue weighted by atomic mass is 79.9. The number of thioether (sulfide) groups is 1. The fourth-order valence-corrected chi connectivity index (χ4v) is 4.40. The first kappa shape index (κ1) is 23.0. The molecule has 0 aliphatic heterocycles. The molecule has 0 atom stereocenters. The van der Waals surface area contributed by atoms with Crippen molar-refractivity contribution in [1.29, 1.82) is 0 Å². The van der Waals surface area contributed by atoms with Crippen molar-refractivity contribution in [3.05, 3.63) is 68.9 Å². The largest absolute Gasteiger partial charge is 0.345 e. The van der Waals surface area contributed by atoms with Gasteiger partial charge in [-0.3, -0.25) is 9.59 Å². The highest BCUT2D eigenvalue weighted by molar-refractivity contribution is 9.10. The second-order valence-corrected chi connectivity index (χ2v) is 9.03. The summed E-state index contributed by atoms with van der Waals surface area (Å²) in [7, 11) is 1.81. The highest BCUT2D eigenvalue weighted by Crippen LogP contribution is 2.23. The molecule has 3 rings (SSSR count). The number of benzene rings is 2. The molecule has 0 spiro atoms. The topological polar surface area (TPSA) is 88.9 Å². The molecule has 0 bridgehead atoms. The highest BCUT2D eigenvalue weighted by Gasteiger charge is 2.15. The van der Waals surface area contributed by atoms with Gasteiger partial charge in [-0.15, -0.1) is 10.2 Å². The Morgan fingerprint density at radius 2 is 1.77 bits per heavy atom. The van der Waals surface area contributed by atoms with Crippen LogP contribution >= 0.6 is 27.7 Å². The number of halogens is 1. The molecule has 0 fully saturated rings. The molecule has 7 nitrogen and oxygen atoms in total. The van der Waals surface area contributed by atoms with E-state index in [0.717, 1.165) is 21.3 Å². The Bertz CT molecular complexity index is 1110. The van der Waals surface area contributed by atoms with E-state index in [-0.39, 0.29) is 24.1 Å². The number of anilines is 1. The number of hydrogen-bond donors (Lipinski definition) is 2. The molecule has 3 aromatic rings. The van der Waals surface area contributed by atoms with Gasteiger partial charge in [-0.25, -0.2) is 0 Å². The molecule has 0 saturated carbocycles. The summed E-state index contributed by atoms with van der Waals surface area (Å²) in [6, 6.07) is 11.3. The SMILES string of the molecule is Cc1cc(C)c(NC(=O)CSc2nnc(CNC(=O)c3ccccc3Br)n2C)c(C)c1. The molecule has 2 aromatic carbocycles. The van der Waals surface area contributed by atoms with E-state index in [0.29, 0.717) is 16.5 Å². The minimum atomic E-state index is -0.201. The summed E-state index contributed by atoms with van der Waals surface area (Å²) in [5.74, 6) is 0.510. The van der Waals surface area contributed by atoms with Gasteiger partial charge in [0.05, 0.1) is 17.9 Å². The van der Waals surface area contributed by atoms with E-state index in [2.05, 4.69) is 36.8 Å². The predicted octanol–water partition coefficient (Wildman–Crippen LogP) is 4.16. The maximum Gasteiger partial charge on any atom is 0.252 e. The third kappa shape index (κ3) is 5.74. The Morgan fingerprint density at radius 1 is 1.10 bits per heavy atom. The number of nitrogens with one attached hydrogen (secondary N) is 2. The Labute approximate surface area is 194 Å². The minimum absolute atomic E-state index is 0.105. The molecule has 1 heterocycles. The van der Waals surface area contributed by atoms with Crippen LogP contribution in [-0.2, 0) is 18.4 Å². The monoisotopic (exact) mass is 501 g/mol. The lowest BCUT2D eigenvalue weighted by Gasteiger charge is -2.12. The third-order valence-corrected chi connectivity index (χ3v) is 6.44. The second-order valence-electron chi connectivity index (χ2n) is 7.23. The lowest BCUT2D eigenvalue weighted by Crippen LogP contribution is -2.24. The molecule has 1 aromatic heterocycles. The standard InChI is InChI=1S/C22H24BrN5O2S/c1-13-9-14(2)20(15(3)10-13)25-19(29)12-31-22-27-26-18(28(22)4)11-24-21(30)16-7-5-6-8-17(16)23/h5-10H,11-12H2,1-4H3,(H,24,30)(H,25,29). The number of amides is 2. The lowest BCUT2D eigenvalue weighted by atomic mass is 10.1. The fraction of sp³-hybridized carbons (Fsp3) is 0.273. The zero-order valence-electron chi connectivity index (χ0n) is 17.8. The molecule has 31 heavy (non-hydrogen) atoms. The number of nitrogens with zero attached hydrogens (tertiary/aromatic N) is 3. The van der Waals surface area contributed by atoms with E-state index >= 15 is 0 Å². The summed E-state index contributed by atoms with van der Waals surface area (Å²) in [6.07, 6.45) is 0. The number of aromatic nitrogens is 3. The van der Waals surface area contributed by atoms with Crippen LogP contribution in [0.4, 0.5) is 5.69 Å². The average Bonchev–Trinajstić information content (AvgIpc) is 3.07. The van der Waals surface area contributed by atoms with Crippen molar-refractivity contribution in [2.75, 3.05) is 11.1 Å². The van der Waals surface area contributed by atoms with Gasteiger partial charge in [0, 0.05) is 17.2 Å². The van der Waals surface area contributed by atoms with Gasteiger partial charge in [0.25, 0.3) is 5.91 Å². The van der Waals surface area contributed by atoms with Crippen LogP contribution in [0.25, 0.3) is 0 Å². The summed E-state index contributed by atoms with van der Waals surface area (Å²) < 4.78 is 2.51. The van der Waals surface area contributed by atoms with Crippen LogP contribution in [0.15, 0.2) is 46.0 Å². The third-order valence-electron chi connectivity index (χ3n) is 4.72. The zero-order chi connectivity index (χ0) is 22.5. The maximum absolute atomic E-state index is 12.4. The van der Waals surface area contributed by atoms with Crippen molar-refractivity contribution in [2.24, 2.45) is 7.05 Å². The van der Waals surface area contributed by atoms with Gasteiger partial charge < -0.3 is 15.2 Å². The molecule has 162 valence electrons. The van der Waals surface area contributed by atoms with Gasteiger partial charge in [-0.05, 0) is 60.0 Å². The van der Waals surface area contributed by atoms with Gasteiger partial charge in [-0.2, -0.15) is 0 Å². The number of aryl methyl sites for hydroxylation is 3. The van der Waals surface area contributed by atoms with E-state index in [1.54, 1.807) is 16.7 Å².